The van der Waals surface area contributed by atoms with Crippen molar-refractivity contribution in [3.05, 3.63) is 41.7 Å². The second-order valence-electron chi connectivity index (χ2n) is 5.18. The lowest BCUT2D eigenvalue weighted by Gasteiger charge is -2.29. The van der Waals surface area contributed by atoms with Gasteiger partial charge in [-0.2, -0.15) is 5.10 Å². The van der Waals surface area contributed by atoms with Gasteiger partial charge in [0.25, 0.3) is 0 Å². The Labute approximate surface area is 118 Å². The zero-order valence-electron chi connectivity index (χ0n) is 11.7. The summed E-state index contributed by atoms with van der Waals surface area (Å²) in [6.07, 6.45) is 2.73. The van der Waals surface area contributed by atoms with E-state index >= 15 is 0 Å². The Morgan fingerprint density at radius 2 is 2.10 bits per heavy atom. The van der Waals surface area contributed by atoms with E-state index in [0.29, 0.717) is 5.75 Å². The molecule has 3 rings (SSSR count). The number of anilines is 1. The molecule has 2 N–H and O–H groups in total. The van der Waals surface area contributed by atoms with Crippen LogP contribution in [0.25, 0.3) is 0 Å². The predicted octanol–water partition coefficient (Wildman–Crippen LogP) is 1.13. The van der Waals surface area contributed by atoms with Gasteiger partial charge in [0.2, 0.25) is 0 Å². The number of rotatable bonds is 3. The van der Waals surface area contributed by atoms with Crippen LogP contribution in [0.1, 0.15) is 11.3 Å². The van der Waals surface area contributed by atoms with Gasteiger partial charge in [0.15, 0.2) is 0 Å². The lowest BCUT2D eigenvalue weighted by atomic mass is 10.1. The first kappa shape index (κ1) is 13.0. The molecule has 0 atom stereocenters. The van der Waals surface area contributed by atoms with Crippen molar-refractivity contribution in [1.82, 2.24) is 15.1 Å². The van der Waals surface area contributed by atoms with Crippen LogP contribution in [0.3, 0.4) is 0 Å². The number of aryl methyl sites for hydroxylation is 1. The minimum Gasteiger partial charge on any atom is -0.508 e. The van der Waals surface area contributed by atoms with Gasteiger partial charge in [0, 0.05) is 39.6 Å². The summed E-state index contributed by atoms with van der Waals surface area (Å²) in [6.45, 7) is 4.05. The molecule has 1 saturated heterocycles. The van der Waals surface area contributed by atoms with Crippen molar-refractivity contribution < 1.29 is 5.11 Å². The fraction of sp³-hybridized carbons (Fsp3) is 0.400. The first-order chi connectivity index (χ1) is 9.74. The predicted molar refractivity (Wildman–Crippen MR) is 79.2 cm³/mol. The summed E-state index contributed by atoms with van der Waals surface area (Å²) in [5.41, 5.74) is 3.50. The van der Waals surface area contributed by atoms with E-state index in [2.05, 4.69) is 15.3 Å². The maximum absolute atomic E-state index is 9.59. The lowest BCUT2D eigenvalue weighted by Crippen LogP contribution is -2.43. The highest BCUT2D eigenvalue weighted by Gasteiger charge is 2.17. The summed E-state index contributed by atoms with van der Waals surface area (Å²) in [5.74, 6) is 0.313. The minimum absolute atomic E-state index is 0.313. The van der Waals surface area contributed by atoms with Crippen molar-refractivity contribution in [2.45, 2.75) is 6.42 Å². The zero-order valence-corrected chi connectivity index (χ0v) is 11.7. The number of phenolic OH excluding ortho intramolecular Hbond substituents is 1. The Morgan fingerprint density at radius 3 is 2.85 bits per heavy atom. The Kier molecular flexibility index (Phi) is 3.60. The molecular formula is C15H20N4O. The molecule has 1 aromatic carbocycles. The van der Waals surface area contributed by atoms with Gasteiger partial charge in [-0.05, 0) is 17.7 Å². The van der Waals surface area contributed by atoms with Crippen LogP contribution in [-0.4, -0.2) is 41.1 Å². The number of benzene rings is 1. The third-order valence-electron chi connectivity index (χ3n) is 3.78. The molecule has 1 aromatic heterocycles. The largest absolute Gasteiger partial charge is 0.508 e. The van der Waals surface area contributed by atoms with Crippen molar-refractivity contribution in [3.63, 3.8) is 0 Å². The van der Waals surface area contributed by atoms with Crippen LogP contribution >= 0.6 is 0 Å². The van der Waals surface area contributed by atoms with Crippen molar-refractivity contribution in [2.24, 2.45) is 7.05 Å². The Bertz CT molecular complexity index is 587. The molecule has 5 heteroatoms. The Hall–Kier alpha value is -2.01. The number of hydrogen-bond donors (Lipinski definition) is 2. The first-order valence-electron chi connectivity index (χ1n) is 6.98. The zero-order chi connectivity index (χ0) is 13.9. The number of nitrogens with zero attached hydrogens (tertiary/aromatic N) is 3. The average Bonchev–Trinajstić information content (AvgIpc) is 2.81. The van der Waals surface area contributed by atoms with Gasteiger partial charge in [0.05, 0.1) is 17.6 Å². The third kappa shape index (κ3) is 2.63. The summed E-state index contributed by atoms with van der Waals surface area (Å²) >= 11 is 0. The second-order valence-corrected chi connectivity index (χ2v) is 5.18. The molecule has 5 nitrogen and oxygen atoms in total. The number of hydrogen-bond acceptors (Lipinski definition) is 4. The van der Waals surface area contributed by atoms with Gasteiger partial charge in [-0.15, -0.1) is 0 Å². The SMILES string of the molecule is Cn1ncc(N2CCNCC2)c1Cc1cccc(O)c1. The second kappa shape index (κ2) is 5.54. The van der Waals surface area contributed by atoms with Crippen molar-refractivity contribution >= 4 is 5.69 Å². The maximum atomic E-state index is 9.59. The molecular weight excluding hydrogens is 252 g/mol. The standard InChI is InChI=1S/C15H20N4O/c1-18-14(10-12-3-2-4-13(20)9-12)15(11-17-18)19-7-5-16-6-8-19/h2-4,9,11,16,20H,5-8,10H2,1H3. The van der Waals surface area contributed by atoms with Crippen LogP contribution in [0.4, 0.5) is 5.69 Å². The Morgan fingerprint density at radius 1 is 1.30 bits per heavy atom. The van der Waals surface area contributed by atoms with E-state index in [-0.39, 0.29) is 0 Å². The van der Waals surface area contributed by atoms with E-state index in [1.165, 1.54) is 11.4 Å². The Balaban J connectivity index is 1.87. The molecule has 0 aliphatic carbocycles. The van der Waals surface area contributed by atoms with Crippen molar-refractivity contribution in [2.75, 3.05) is 31.1 Å². The lowest BCUT2D eigenvalue weighted by molar-refractivity contribution is 0.474. The molecule has 2 aromatic rings. The molecule has 1 aliphatic heterocycles. The molecule has 0 bridgehead atoms. The van der Waals surface area contributed by atoms with Crippen LogP contribution in [0.15, 0.2) is 30.5 Å². The van der Waals surface area contributed by atoms with Gasteiger partial charge in [0.1, 0.15) is 5.75 Å². The summed E-state index contributed by atoms with van der Waals surface area (Å²) in [4.78, 5) is 2.38. The quantitative estimate of drug-likeness (QED) is 0.879. The molecule has 20 heavy (non-hydrogen) atoms. The molecule has 0 saturated carbocycles. The normalized spacial score (nSPS) is 15.6. The fourth-order valence-electron chi connectivity index (χ4n) is 2.69. The number of piperazine rings is 1. The molecule has 106 valence electrons. The number of phenols is 1. The highest BCUT2D eigenvalue weighted by molar-refractivity contribution is 5.52. The number of nitrogens with one attached hydrogen (secondary N) is 1. The smallest absolute Gasteiger partial charge is 0.115 e. The maximum Gasteiger partial charge on any atom is 0.115 e. The number of aromatic nitrogens is 2. The van der Waals surface area contributed by atoms with Crippen molar-refractivity contribution in [3.8, 4) is 5.75 Å². The van der Waals surface area contributed by atoms with Crippen LogP contribution in [0.5, 0.6) is 5.75 Å². The van der Waals surface area contributed by atoms with Gasteiger partial charge in [-0.3, -0.25) is 4.68 Å². The molecule has 1 aliphatic rings. The highest BCUT2D eigenvalue weighted by Crippen LogP contribution is 2.24. The molecule has 0 radical (unpaired) electrons. The van der Waals surface area contributed by atoms with Crippen LogP contribution < -0.4 is 10.2 Å². The topological polar surface area (TPSA) is 53.3 Å². The van der Waals surface area contributed by atoms with E-state index in [4.69, 9.17) is 0 Å². The fourth-order valence-corrected chi connectivity index (χ4v) is 2.69. The molecule has 1 fully saturated rings. The summed E-state index contributed by atoms with van der Waals surface area (Å²) < 4.78 is 1.93. The molecule has 0 spiro atoms. The third-order valence-corrected chi connectivity index (χ3v) is 3.78. The molecule has 0 unspecified atom stereocenters. The van der Waals surface area contributed by atoms with E-state index in [0.717, 1.165) is 38.2 Å². The average molecular weight is 272 g/mol. The monoisotopic (exact) mass is 272 g/mol. The van der Waals surface area contributed by atoms with E-state index in [1.807, 2.05) is 36.1 Å². The summed E-state index contributed by atoms with van der Waals surface area (Å²) in [5, 5.41) is 17.4. The van der Waals surface area contributed by atoms with Crippen LogP contribution in [-0.2, 0) is 13.5 Å². The van der Waals surface area contributed by atoms with Gasteiger partial charge in [-0.25, -0.2) is 0 Å². The first-order valence-corrected chi connectivity index (χ1v) is 6.98. The number of aromatic hydroxyl groups is 1. The summed E-state index contributed by atoms with van der Waals surface area (Å²) in [7, 11) is 1.98. The summed E-state index contributed by atoms with van der Waals surface area (Å²) in [6, 6.07) is 7.43. The minimum atomic E-state index is 0.313. The van der Waals surface area contributed by atoms with Gasteiger partial charge in [-0.1, -0.05) is 12.1 Å². The van der Waals surface area contributed by atoms with Crippen LogP contribution in [0, 0.1) is 0 Å². The molecule has 0 amide bonds. The molecule has 2 heterocycles. The van der Waals surface area contributed by atoms with Crippen molar-refractivity contribution in [1.29, 1.82) is 0 Å². The van der Waals surface area contributed by atoms with E-state index in [9.17, 15) is 5.11 Å². The van der Waals surface area contributed by atoms with E-state index in [1.54, 1.807) is 6.07 Å². The van der Waals surface area contributed by atoms with E-state index < -0.39 is 0 Å². The van der Waals surface area contributed by atoms with Gasteiger partial charge >= 0.3 is 0 Å². The van der Waals surface area contributed by atoms with Gasteiger partial charge < -0.3 is 15.3 Å². The van der Waals surface area contributed by atoms with Crippen LogP contribution in [0.2, 0.25) is 0 Å². The highest BCUT2D eigenvalue weighted by atomic mass is 16.3.